The van der Waals surface area contributed by atoms with Crippen molar-refractivity contribution >= 4 is 88.3 Å². The Hall–Kier alpha value is -7.86. The summed E-state index contributed by atoms with van der Waals surface area (Å²) in [5.41, 5.74) is 13.9. The number of aliphatic imine (C=N–C) groups is 1. The highest BCUT2D eigenvalue weighted by atomic mass is 32.2. The van der Waals surface area contributed by atoms with Gasteiger partial charge in [0.2, 0.25) is 5.96 Å². The summed E-state index contributed by atoms with van der Waals surface area (Å²) in [6.07, 6.45) is 0. The van der Waals surface area contributed by atoms with Crippen molar-refractivity contribution in [2.45, 2.75) is 6.04 Å². The highest BCUT2D eigenvalue weighted by Crippen LogP contribution is 2.54. The van der Waals surface area contributed by atoms with Gasteiger partial charge in [0.05, 0.1) is 33.8 Å². The first-order chi connectivity index (χ1) is 31.2. The molecule has 1 N–H and O–H groups in total. The molecule has 4 heterocycles. The van der Waals surface area contributed by atoms with Gasteiger partial charge in [-0.2, -0.15) is 0 Å². The molecule has 2 aromatic heterocycles. The summed E-state index contributed by atoms with van der Waals surface area (Å²) in [4.78, 5) is 8.10. The van der Waals surface area contributed by atoms with Crippen molar-refractivity contribution < 1.29 is 0 Å². The third-order valence-corrected chi connectivity index (χ3v) is 14.1. The molecule has 1 unspecified atom stereocenters. The smallest absolute Gasteiger partial charge is 0.209 e. The first kappa shape index (κ1) is 35.9. The molecule has 0 amide bonds. The van der Waals surface area contributed by atoms with Gasteiger partial charge < -0.3 is 9.88 Å². The average molecular weight is 823 g/mol. The van der Waals surface area contributed by atoms with Gasteiger partial charge in [-0.15, -0.1) is 0 Å². The molecule has 63 heavy (non-hydrogen) atoms. The second-order valence-electron chi connectivity index (χ2n) is 16.4. The van der Waals surface area contributed by atoms with Crippen molar-refractivity contribution in [3.8, 4) is 16.8 Å². The van der Waals surface area contributed by atoms with Crippen molar-refractivity contribution in [2.24, 2.45) is 4.99 Å². The number of para-hydroxylation sites is 2. The van der Waals surface area contributed by atoms with Gasteiger partial charge in [0, 0.05) is 48.2 Å². The van der Waals surface area contributed by atoms with Crippen LogP contribution in [0.5, 0.6) is 0 Å². The molecule has 0 fully saturated rings. The fourth-order valence-electron chi connectivity index (χ4n) is 9.89. The second kappa shape index (κ2) is 14.4. The highest BCUT2D eigenvalue weighted by molar-refractivity contribution is 8.12. The Bertz CT molecular complexity index is 3710. The van der Waals surface area contributed by atoms with Crippen molar-refractivity contribution in [2.75, 3.05) is 0 Å². The average Bonchev–Trinajstić information content (AvgIpc) is 4.01. The topological polar surface area (TPSA) is 34.2 Å². The normalized spacial score (nSPS) is 15.2. The van der Waals surface area contributed by atoms with E-state index in [9.17, 15) is 0 Å². The van der Waals surface area contributed by atoms with Crippen LogP contribution in [0.1, 0.15) is 16.7 Å². The largest absolute Gasteiger partial charge is 0.344 e. The zero-order valence-electron chi connectivity index (χ0n) is 34.1. The fraction of sp³-hybridized carbons (Fsp3) is 0.0172. The number of hydrogen-bond acceptors (Lipinski definition) is 3. The van der Waals surface area contributed by atoms with Gasteiger partial charge in [0.1, 0.15) is 0 Å². The molecule has 4 nitrogen and oxygen atoms in total. The summed E-state index contributed by atoms with van der Waals surface area (Å²) in [6.45, 7) is 0. The van der Waals surface area contributed by atoms with Gasteiger partial charge in [0.25, 0.3) is 0 Å². The van der Waals surface area contributed by atoms with Crippen LogP contribution in [0.4, 0.5) is 0 Å². The first-order valence-corrected chi connectivity index (χ1v) is 22.3. The molecule has 11 aromatic rings. The molecule has 1 atom stereocenters. The maximum absolute atomic E-state index is 5.65. The van der Waals surface area contributed by atoms with E-state index in [1.54, 1.807) is 0 Å². The van der Waals surface area contributed by atoms with Gasteiger partial charge >= 0.3 is 0 Å². The van der Waals surface area contributed by atoms with E-state index in [1.165, 1.54) is 81.0 Å². The third-order valence-electron chi connectivity index (χ3n) is 12.8. The lowest BCUT2D eigenvalue weighted by Crippen LogP contribution is -2.41. The molecule has 9 aromatic carbocycles. The Morgan fingerprint density at radius 1 is 0.397 bits per heavy atom. The second-order valence-corrected chi connectivity index (χ2v) is 17.4. The van der Waals surface area contributed by atoms with Gasteiger partial charge in [-0.05, 0) is 81.6 Å². The van der Waals surface area contributed by atoms with Crippen LogP contribution in [-0.2, 0) is 0 Å². The Balaban J connectivity index is 1.04. The molecule has 2 aliphatic heterocycles. The number of benzene rings is 9. The summed E-state index contributed by atoms with van der Waals surface area (Å²) in [6, 6.07) is 78.9. The summed E-state index contributed by atoms with van der Waals surface area (Å²) in [5.74, 6) is 0.808. The van der Waals surface area contributed by atoms with E-state index in [2.05, 4.69) is 233 Å². The van der Waals surface area contributed by atoms with Crippen molar-refractivity contribution in [3.05, 3.63) is 240 Å². The number of nitrogens with one attached hydrogen (secondary N) is 1. The zero-order valence-corrected chi connectivity index (χ0v) is 34.9. The number of rotatable bonds is 5. The van der Waals surface area contributed by atoms with Crippen LogP contribution in [-0.4, -0.2) is 21.1 Å². The molecule has 5 heteroatoms. The van der Waals surface area contributed by atoms with E-state index in [1.807, 2.05) is 11.8 Å². The molecule has 0 spiro atoms. The lowest BCUT2D eigenvalue weighted by atomic mass is 9.93. The van der Waals surface area contributed by atoms with Crippen molar-refractivity contribution in [3.63, 3.8) is 0 Å². The summed E-state index contributed by atoms with van der Waals surface area (Å²) < 4.78 is 4.76. The molecule has 0 aliphatic carbocycles. The molecule has 296 valence electrons. The fourth-order valence-corrected chi connectivity index (χ4v) is 11.3. The summed E-state index contributed by atoms with van der Waals surface area (Å²) >= 11 is 1.84. The molecule has 0 saturated carbocycles. The van der Waals surface area contributed by atoms with Crippen LogP contribution in [0, 0.1) is 0 Å². The standard InChI is InChI=1S/C58H38N4S/c1-5-17-37(18-6-1)53-55-57(63-56(53)39-21-9-3-10-22-39)54(38-19-7-2-8-20-38)59-58(60-55)62-50-32-30-42(34-47(50)48-33-40-23-13-14-24-41(40)35-52(48)62)43-29-31-46-45-27-15-16-28-49(45)61(51(46)36-43)44-25-11-4-12-26-44/h1-36,55H,(H,59,60). The highest BCUT2D eigenvalue weighted by Gasteiger charge is 2.39. The number of nitrogens with zero attached hydrogens (tertiary/aromatic N) is 3. The first-order valence-electron chi connectivity index (χ1n) is 21.5. The lowest BCUT2D eigenvalue weighted by Gasteiger charge is -2.28. The van der Waals surface area contributed by atoms with Gasteiger partial charge in [-0.25, -0.2) is 4.99 Å². The van der Waals surface area contributed by atoms with Crippen LogP contribution in [0.2, 0.25) is 0 Å². The maximum atomic E-state index is 5.65. The third kappa shape index (κ3) is 5.74. The Kier molecular flexibility index (Phi) is 8.18. The van der Waals surface area contributed by atoms with E-state index in [0.717, 1.165) is 33.9 Å². The quantitative estimate of drug-likeness (QED) is 0.188. The van der Waals surface area contributed by atoms with E-state index >= 15 is 0 Å². The minimum atomic E-state index is -0.120. The summed E-state index contributed by atoms with van der Waals surface area (Å²) in [7, 11) is 0. The van der Waals surface area contributed by atoms with Crippen LogP contribution in [0.15, 0.2) is 228 Å². The van der Waals surface area contributed by atoms with E-state index in [4.69, 9.17) is 4.99 Å². The minimum Gasteiger partial charge on any atom is -0.344 e. The number of hydrogen-bond donors (Lipinski definition) is 1. The Morgan fingerprint density at radius 3 is 1.71 bits per heavy atom. The maximum Gasteiger partial charge on any atom is 0.209 e. The molecule has 2 aliphatic rings. The van der Waals surface area contributed by atoms with Crippen LogP contribution < -0.4 is 5.32 Å². The van der Waals surface area contributed by atoms with Crippen LogP contribution in [0.3, 0.4) is 0 Å². The van der Waals surface area contributed by atoms with Crippen molar-refractivity contribution in [1.82, 2.24) is 14.5 Å². The lowest BCUT2D eigenvalue weighted by molar-refractivity contribution is 0.848. The van der Waals surface area contributed by atoms with E-state index in [0.29, 0.717) is 0 Å². The van der Waals surface area contributed by atoms with Gasteiger partial charge in [0.15, 0.2) is 0 Å². The summed E-state index contributed by atoms with van der Waals surface area (Å²) in [5, 5.41) is 11.3. The molecule has 0 radical (unpaired) electrons. The minimum absolute atomic E-state index is 0.120. The van der Waals surface area contributed by atoms with Crippen molar-refractivity contribution in [1.29, 1.82) is 0 Å². The zero-order chi connectivity index (χ0) is 41.4. The van der Waals surface area contributed by atoms with Crippen LogP contribution >= 0.6 is 11.8 Å². The van der Waals surface area contributed by atoms with E-state index in [-0.39, 0.29) is 6.04 Å². The van der Waals surface area contributed by atoms with Gasteiger partial charge in [-0.1, -0.05) is 182 Å². The number of aromatic nitrogens is 2. The SMILES string of the molecule is c1ccc(C2=C3SC(c4ccccc4)=C(c4ccccc4)C3NC(n3c4ccc(-c5ccc6c7ccccc7n(-c7ccccc7)c6c5)cc4c4cc5ccccc5cc43)=N2)cc1. The molecule has 0 saturated heterocycles. The Labute approximate surface area is 368 Å². The predicted molar refractivity (Wildman–Crippen MR) is 267 cm³/mol. The Morgan fingerprint density at radius 2 is 0.952 bits per heavy atom. The molecular formula is C58H38N4S. The van der Waals surface area contributed by atoms with Gasteiger partial charge in [-0.3, -0.25) is 4.57 Å². The molecular weight excluding hydrogens is 785 g/mol. The van der Waals surface area contributed by atoms with E-state index < -0.39 is 0 Å². The monoisotopic (exact) mass is 822 g/mol. The predicted octanol–water partition coefficient (Wildman–Crippen LogP) is 14.6. The number of thioether (sulfide) groups is 1. The molecule has 13 rings (SSSR count). The number of fused-ring (bicyclic) bond motifs is 8. The molecule has 0 bridgehead atoms. The van der Waals surface area contributed by atoms with Crippen LogP contribution in [0.25, 0.3) is 87.4 Å².